The highest BCUT2D eigenvalue weighted by atomic mass is 79.9. The fraction of sp³-hybridized carbons (Fsp3) is 0.364. The van der Waals surface area contributed by atoms with Crippen LogP contribution >= 0.6 is 27.3 Å². The lowest BCUT2D eigenvalue weighted by Crippen LogP contribution is -2.06. The van der Waals surface area contributed by atoms with Crippen LogP contribution in [-0.2, 0) is 11.2 Å². The van der Waals surface area contributed by atoms with Gasteiger partial charge in [0.25, 0.3) is 0 Å². The molecule has 16 heavy (non-hydrogen) atoms. The van der Waals surface area contributed by atoms with Crippen LogP contribution in [0.15, 0.2) is 22.2 Å². The van der Waals surface area contributed by atoms with E-state index in [2.05, 4.69) is 32.2 Å². The van der Waals surface area contributed by atoms with Crippen LogP contribution in [0, 0.1) is 0 Å². The number of thiophene rings is 1. The second kappa shape index (κ2) is 4.31. The van der Waals surface area contributed by atoms with Gasteiger partial charge in [0.15, 0.2) is 0 Å². The minimum Gasteiger partial charge on any atom is -0.380 e. The molecule has 2 aromatic heterocycles. The van der Waals surface area contributed by atoms with Crippen LogP contribution in [0.25, 0.3) is 0 Å². The minimum atomic E-state index is 0.318. The highest BCUT2D eigenvalue weighted by Gasteiger charge is 2.23. The number of hydrogen-bond donors (Lipinski definition) is 1. The summed E-state index contributed by atoms with van der Waals surface area (Å²) in [6, 6.07) is 2.21. The zero-order valence-electron chi connectivity index (χ0n) is 8.57. The number of hydrogen-bond acceptors (Lipinski definition) is 3. The average molecular weight is 299 g/mol. The van der Waals surface area contributed by atoms with Gasteiger partial charge in [0.2, 0.25) is 0 Å². The Bertz CT molecular complexity index is 480. The molecule has 0 saturated heterocycles. The van der Waals surface area contributed by atoms with Crippen molar-refractivity contribution in [3.63, 3.8) is 0 Å². The van der Waals surface area contributed by atoms with Crippen LogP contribution < -0.4 is 0 Å². The van der Waals surface area contributed by atoms with E-state index in [4.69, 9.17) is 4.74 Å². The summed E-state index contributed by atoms with van der Waals surface area (Å²) in [6.45, 7) is 1.56. The summed E-state index contributed by atoms with van der Waals surface area (Å²) < 4.78 is 6.86. The number of aromatic amines is 1. The number of fused-ring (bicyclic) bond motifs is 1. The Kier molecular flexibility index (Phi) is 2.83. The van der Waals surface area contributed by atoms with Crippen LogP contribution in [0.5, 0.6) is 0 Å². The Hall–Kier alpha value is -0.650. The first-order chi connectivity index (χ1) is 7.84. The van der Waals surface area contributed by atoms with Gasteiger partial charge in [-0.2, -0.15) is 5.10 Å². The molecule has 0 fully saturated rings. The number of rotatable bonds is 1. The number of halogens is 1. The third-order valence-electron chi connectivity index (χ3n) is 2.87. The van der Waals surface area contributed by atoms with Gasteiger partial charge >= 0.3 is 0 Å². The van der Waals surface area contributed by atoms with Gasteiger partial charge in [-0.25, -0.2) is 0 Å². The van der Waals surface area contributed by atoms with E-state index in [0.717, 1.165) is 19.6 Å². The summed E-state index contributed by atoms with van der Waals surface area (Å²) in [5, 5.41) is 6.89. The standard InChI is InChI=1S/C11H11BrN2OS/c12-11-3-8-9(7-4-13-14-5-7)6-15-2-1-10(8)16-11/h3-5,9H,1-2,6H2,(H,13,14)/t9-/m0/s1. The Morgan fingerprint density at radius 1 is 1.56 bits per heavy atom. The molecule has 0 aliphatic carbocycles. The van der Waals surface area contributed by atoms with Gasteiger partial charge in [0.05, 0.1) is 23.2 Å². The molecule has 0 bridgehead atoms. The van der Waals surface area contributed by atoms with Crippen molar-refractivity contribution >= 4 is 27.3 Å². The third kappa shape index (κ3) is 1.83. The van der Waals surface area contributed by atoms with Gasteiger partial charge in [0, 0.05) is 23.4 Å². The lowest BCUT2D eigenvalue weighted by Gasteiger charge is -2.12. The minimum absolute atomic E-state index is 0.318. The molecule has 5 heteroatoms. The number of ether oxygens (including phenoxy) is 1. The molecule has 0 spiro atoms. The van der Waals surface area contributed by atoms with Crippen LogP contribution in [-0.4, -0.2) is 23.4 Å². The summed E-state index contributed by atoms with van der Waals surface area (Å²) in [4.78, 5) is 1.43. The third-order valence-corrected chi connectivity index (χ3v) is 4.58. The summed E-state index contributed by atoms with van der Waals surface area (Å²) >= 11 is 5.37. The van der Waals surface area contributed by atoms with E-state index in [1.807, 2.05) is 23.7 Å². The zero-order chi connectivity index (χ0) is 11.0. The van der Waals surface area contributed by atoms with E-state index in [1.165, 1.54) is 19.8 Å². The molecule has 0 saturated carbocycles. The molecule has 0 amide bonds. The molecule has 1 aliphatic rings. The summed E-state index contributed by atoms with van der Waals surface area (Å²) in [5.74, 6) is 0.318. The molecular weight excluding hydrogens is 288 g/mol. The molecular formula is C11H11BrN2OS. The van der Waals surface area contributed by atoms with Crippen LogP contribution in [0.2, 0.25) is 0 Å². The van der Waals surface area contributed by atoms with Crippen molar-refractivity contribution in [3.8, 4) is 0 Å². The molecule has 0 aromatic carbocycles. The normalized spacial score (nSPS) is 20.4. The molecule has 3 rings (SSSR count). The molecule has 84 valence electrons. The number of nitrogens with one attached hydrogen (secondary N) is 1. The van der Waals surface area contributed by atoms with Crippen molar-refractivity contribution in [1.82, 2.24) is 10.2 Å². The molecule has 3 heterocycles. The molecule has 1 atom stereocenters. The Morgan fingerprint density at radius 2 is 2.50 bits per heavy atom. The number of aromatic nitrogens is 2. The second-order valence-electron chi connectivity index (χ2n) is 3.84. The predicted molar refractivity (Wildman–Crippen MR) is 67.0 cm³/mol. The molecule has 1 aliphatic heterocycles. The lowest BCUT2D eigenvalue weighted by atomic mass is 9.95. The number of nitrogens with zero attached hydrogens (tertiary/aromatic N) is 1. The van der Waals surface area contributed by atoms with E-state index in [1.54, 1.807) is 0 Å². The van der Waals surface area contributed by atoms with E-state index in [-0.39, 0.29) is 0 Å². The fourth-order valence-electron chi connectivity index (χ4n) is 2.08. The fourth-order valence-corrected chi connectivity index (χ4v) is 3.84. The average Bonchev–Trinajstić information content (AvgIpc) is 2.86. The maximum Gasteiger partial charge on any atom is 0.0704 e. The first-order valence-electron chi connectivity index (χ1n) is 5.19. The number of H-pyrrole nitrogens is 1. The van der Waals surface area contributed by atoms with Crippen molar-refractivity contribution in [1.29, 1.82) is 0 Å². The summed E-state index contributed by atoms with van der Waals surface area (Å²) in [5.41, 5.74) is 2.59. The SMILES string of the molecule is Brc1cc2c(s1)CCOC[C@H]2c1cn[nH]c1. The van der Waals surface area contributed by atoms with E-state index >= 15 is 0 Å². The smallest absolute Gasteiger partial charge is 0.0704 e. The first kappa shape index (κ1) is 10.5. The van der Waals surface area contributed by atoms with Crippen molar-refractivity contribution in [3.05, 3.63) is 38.3 Å². The lowest BCUT2D eigenvalue weighted by molar-refractivity contribution is 0.137. The Morgan fingerprint density at radius 3 is 3.31 bits per heavy atom. The largest absolute Gasteiger partial charge is 0.380 e. The van der Waals surface area contributed by atoms with E-state index < -0.39 is 0 Å². The highest BCUT2D eigenvalue weighted by Crippen LogP contribution is 2.37. The van der Waals surface area contributed by atoms with Crippen molar-refractivity contribution in [2.75, 3.05) is 13.2 Å². The van der Waals surface area contributed by atoms with Gasteiger partial charge in [-0.1, -0.05) is 0 Å². The van der Waals surface area contributed by atoms with Gasteiger partial charge in [-0.15, -0.1) is 11.3 Å². The summed E-state index contributed by atoms with van der Waals surface area (Å²) in [6.07, 6.45) is 4.85. The highest BCUT2D eigenvalue weighted by molar-refractivity contribution is 9.11. The van der Waals surface area contributed by atoms with Gasteiger partial charge in [-0.05, 0) is 33.1 Å². The first-order valence-corrected chi connectivity index (χ1v) is 6.80. The van der Waals surface area contributed by atoms with Crippen molar-refractivity contribution in [2.45, 2.75) is 12.3 Å². The van der Waals surface area contributed by atoms with Gasteiger partial charge < -0.3 is 4.74 Å². The monoisotopic (exact) mass is 298 g/mol. The quantitative estimate of drug-likeness (QED) is 0.879. The van der Waals surface area contributed by atoms with Crippen LogP contribution in [0.1, 0.15) is 21.9 Å². The van der Waals surface area contributed by atoms with Crippen LogP contribution in [0.4, 0.5) is 0 Å². The zero-order valence-corrected chi connectivity index (χ0v) is 11.0. The molecule has 2 aromatic rings. The molecule has 1 N–H and O–H groups in total. The van der Waals surface area contributed by atoms with Crippen LogP contribution in [0.3, 0.4) is 0 Å². The Labute approximate surface area is 106 Å². The topological polar surface area (TPSA) is 37.9 Å². The maximum atomic E-state index is 5.66. The maximum absolute atomic E-state index is 5.66. The van der Waals surface area contributed by atoms with Gasteiger partial charge in [0.1, 0.15) is 0 Å². The van der Waals surface area contributed by atoms with Gasteiger partial charge in [-0.3, -0.25) is 5.10 Å². The van der Waals surface area contributed by atoms with Crippen molar-refractivity contribution in [2.24, 2.45) is 0 Å². The Balaban J connectivity index is 2.05. The second-order valence-corrected chi connectivity index (χ2v) is 6.35. The summed E-state index contributed by atoms with van der Waals surface area (Å²) in [7, 11) is 0. The van der Waals surface area contributed by atoms with E-state index in [9.17, 15) is 0 Å². The molecule has 0 unspecified atom stereocenters. The predicted octanol–water partition coefficient (Wildman–Crippen LogP) is 2.94. The van der Waals surface area contributed by atoms with E-state index in [0.29, 0.717) is 5.92 Å². The molecule has 0 radical (unpaired) electrons. The molecule has 3 nitrogen and oxygen atoms in total. The van der Waals surface area contributed by atoms with Crippen molar-refractivity contribution < 1.29 is 4.74 Å².